The van der Waals surface area contributed by atoms with Crippen LogP contribution in [0.15, 0.2) is 18.2 Å². The summed E-state index contributed by atoms with van der Waals surface area (Å²) in [5, 5.41) is 3.47. The van der Waals surface area contributed by atoms with Crippen molar-refractivity contribution in [1.82, 2.24) is 5.32 Å². The van der Waals surface area contributed by atoms with E-state index in [4.69, 9.17) is 9.47 Å². The molecule has 1 atom stereocenters. The third-order valence-electron chi connectivity index (χ3n) is 3.31. The maximum Gasteiger partial charge on any atom is 0.308 e. The number of hydrogen-bond donors (Lipinski definition) is 1. The van der Waals surface area contributed by atoms with Gasteiger partial charge in [0.15, 0.2) is 11.5 Å². The van der Waals surface area contributed by atoms with Crippen LogP contribution < -0.4 is 14.8 Å². The summed E-state index contributed by atoms with van der Waals surface area (Å²) in [6.45, 7) is 4.87. The number of hydrogen-bond acceptors (Lipinski definition) is 4. The van der Waals surface area contributed by atoms with Gasteiger partial charge in [0.05, 0.1) is 0 Å². The van der Waals surface area contributed by atoms with Gasteiger partial charge in [-0.3, -0.25) is 4.79 Å². The summed E-state index contributed by atoms with van der Waals surface area (Å²) in [5.74, 6) is 1.51. The number of esters is 1. The lowest BCUT2D eigenvalue weighted by Crippen LogP contribution is -2.32. The molecule has 3 aliphatic rings. The molecule has 4 nitrogen and oxygen atoms in total. The molecule has 0 radical (unpaired) electrons. The standard InChI is InChI=1S/C8H6O3.C7H15N/c1-5(9)10-8-6-3-2-4-7(8)11-6;1-2-7-5-3-4-6-8-7/h2-4H,1H3;7-8H,2-6H2,1H3. The molecule has 0 saturated carbocycles. The zero-order chi connectivity index (χ0) is 13.7. The number of ether oxygens (including phenoxy) is 2. The van der Waals surface area contributed by atoms with Gasteiger partial charge in [0.1, 0.15) is 0 Å². The molecule has 0 aromatic heterocycles. The van der Waals surface area contributed by atoms with Gasteiger partial charge in [0.2, 0.25) is 5.75 Å². The summed E-state index contributed by atoms with van der Waals surface area (Å²) in [5.41, 5.74) is 0. The van der Waals surface area contributed by atoms with Crippen molar-refractivity contribution in [3.8, 4) is 17.2 Å². The van der Waals surface area contributed by atoms with E-state index in [9.17, 15) is 4.79 Å². The molecule has 1 N–H and O–H groups in total. The van der Waals surface area contributed by atoms with E-state index in [0.29, 0.717) is 17.2 Å². The predicted molar refractivity (Wildman–Crippen MR) is 73.8 cm³/mol. The lowest BCUT2D eigenvalue weighted by atomic mass is 10.0. The van der Waals surface area contributed by atoms with Crippen LogP contribution in [0.2, 0.25) is 0 Å². The van der Waals surface area contributed by atoms with Crippen molar-refractivity contribution in [2.45, 2.75) is 45.6 Å². The van der Waals surface area contributed by atoms with E-state index < -0.39 is 0 Å². The Balaban J connectivity index is 0.000000148. The number of nitrogens with one attached hydrogen (secondary N) is 1. The van der Waals surface area contributed by atoms with Gasteiger partial charge in [-0.2, -0.15) is 0 Å². The van der Waals surface area contributed by atoms with E-state index in [1.807, 2.05) is 6.07 Å². The number of para-hydroxylation sites is 1. The molecule has 1 aromatic rings. The Morgan fingerprint density at radius 2 is 2.16 bits per heavy atom. The van der Waals surface area contributed by atoms with Crippen molar-refractivity contribution >= 4 is 5.97 Å². The molecule has 3 aliphatic heterocycles. The maximum absolute atomic E-state index is 10.5. The van der Waals surface area contributed by atoms with Crippen LogP contribution in [-0.2, 0) is 4.79 Å². The van der Waals surface area contributed by atoms with Crippen LogP contribution in [0.5, 0.6) is 17.2 Å². The quantitative estimate of drug-likeness (QED) is 0.667. The third kappa shape index (κ3) is 3.70. The summed E-state index contributed by atoms with van der Waals surface area (Å²) >= 11 is 0. The Hall–Kier alpha value is -1.55. The average Bonchev–Trinajstić information content (AvgIpc) is 2.47. The van der Waals surface area contributed by atoms with Crippen molar-refractivity contribution in [1.29, 1.82) is 0 Å². The lowest BCUT2D eigenvalue weighted by molar-refractivity contribution is -0.132. The van der Waals surface area contributed by atoms with Crippen molar-refractivity contribution < 1.29 is 14.3 Å². The summed E-state index contributed by atoms with van der Waals surface area (Å²) in [6, 6.07) is 6.20. The van der Waals surface area contributed by atoms with E-state index in [0.717, 1.165) is 6.04 Å². The van der Waals surface area contributed by atoms with Gasteiger partial charge < -0.3 is 14.8 Å². The van der Waals surface area contributed by atoms with Crippen molar-refractivity contribution in [2.24, 2.45) is 0 Å². The van der Waals surface area contributed by atoms with Gasteiger partial charge >= 0.3 is 5.97 Å². The largest absolute Gasteiger partial charge is 0.449 e. The van der Waals surface area contributed by atoms with Crippen LogP contribution in [0.25, 0.3) is 0 Å². The van der Waals surface area contributed by atoms with Gasteiger partial charge in [-0.05, 0) is 37.9 Å². The van der Waals surface area contributed by atoms with Gasteiger partial charge in [-0.15, -0.1) is 0 Å². The SMILES string of the molecule is CC(=O)Oc1c2cccc1O2.CCC1CCCCN1. The fraction of sp³-hybridized carbons (Fsp3) is 0.533. The molecule has 19 heavy (non-hydrogen) atoms. The Morgan fingerprint density at radius 3 is 2.58 bits per heavy atom. The molecule has 3 heterocycles. The van der Waals surface area contributed by atoms with E-state index in [1.165, 1.54) is 39.2 Å². The molecule has 4 rings (SSSR count). The minimum atomic E-state index is -0.318. The molecule has 1 aromatic carbocycles. The highest BCUT2D eigenvalue weighted by Crippen LogP contribution is 2.49. The number of rotatable bonds is 2. The predicted octanol–water partition coefficient (Wildman–Crippen LogP) is 3.26. The van der Waals surface area contributed by atoms with E-state index >= 15 is 0 Å². The van der Waals surface area contributed by atoms with Crippen LogP contribution in [-0.4, -0.2) is 18.6 Å². The molecular weight excluding hydrogens is 242 g/mol. The highest BCUT2D eigenvalue weighted by atomic mass is 16.6. The lowest BCUT2D eigenvalue weighted by Gasteiger charge is -2.21. The normalized spacial score (nSPS) is 19.4. The summed E-state index contributed by atoms with van der Waals surface area (Å²) < 4.78 is 9.91. The zero-order valence-electron chi connectivity index (χ0n) is 11.6. The highest BCUT2D eigenvalue weighted by Gasteiger charge is 2.23. The second kappa shape index (κ2) is 6.57. The van der Waals surface area contributed by atoms with E-state index in [1.54, 1.807) is 12.1 Å². The summed E-state index contributed by atoms with van der Waals surface area (Å²) in [4.78, 5) is 10.5. The Kier molecular flexibility index (Phi) is 4.80. The second-order valence-electron chi connectivity index (χ2n) is 4.83. The first-order valence-electron chi connectivity index (χ1n) is 6.93. The second-order valence-corrected chi connectivity index (χ2v) is 4.83. The maximum atomic E-state index is 10.5. The smallest absolute Gasteiger partial charge is 0.308 e. The molecule has 1 fully saturated rings. The topological polar surface area (TPSA) is 47.6 Å². The number of benzene rings is 1. The van der Waals surface area contributed by atoms with Crippen LogP contribution in [0, 0.1) is 0 Å². The summed E-state index contributed by atoms with van der Waals surface area (Å²) in [7, 11) is 0. The van der Waals surface area contributed by atoms with Gasteiger partial charge in [0, 0.05) is 13.0 Å². The Labute approximate surface area is 114 Å². The average molecular weight is 263 g/mol. The van der Waals surface area contributed by atoms with Gasteiger partial charge in [-0.1, -0.05) is 19.4 Å². The Bertz CT molecular complexity index is 419. The van der Waals surface area contributed by atoms with Crippen LogP contribution in [0.4, 0.5) is 0 Å². The van der Waals surface area contributed by atoms with Crippen molar-refractivity contribution in [3.05, 3.63) is 18.2 Å². The number of piperidine rings is 1. The monoisotopic (exact) mass is 263 g/mol. The van der Waals surface area contributed by atoms with Crippen LogP contribution in [0.3, 0.4) is 0 Å². The molecule has 0 spiro atoms. The number of carbonyl (C=O) groups excluding carboxylic acids is 1. The molecular formula is C15H21NO3. The van der Waals surface area contributed by atoms with Crippen LogP contribution in [0.1, 0.15) is 39.5 Å². The minimum absolute atomic E-state index is 0.318. The molecule has 1 saturated heterocycles. The number of carbonyl (C=O) groups is 1. The third-order valence-corrected chi connectivity index (χ3v) is 3.31. The van der Waals surface area contributed by atoms with Gasteiger partial charge in [-0.25, -0.2) is 0 Å². The first-order valence-corrected chi connectivity index (χ1v) is 6.93. The van der Waals surface area contributed by atoms with Crippen molar-refractivity contribution in [3.63, 3.8) is 0 Å². The fourth-order valence-corrected chi connectivity index (χ4v) is 2.25. The molecule has 1 unspecified atom stereocenters. The molecule has 4 heteroatoms. The highest BCUT2D eigenvalue weighted by molar-refractivity contribution is 5.74. The fourth-order valence-electron chi connectivity index (χ4n) is 2.25. The summed E-state index contributed by atoms with van der Waals surface area (Å²) in [6.07, 6.45) is 5.53. The molecule has 2 bridgehead atoms. The molecule has 0 amide bonds. The molecule has 104 valence electrons. The zero-order valence-corrected chi connectivity index (χ0v) is 11.6. The number of fused-ring (bicyclic) bond motifs is 2. The minimum Gasteiger partial charge on any atom is -0.449 e. The van der Waals surface area contributed by atoms with E-state index in [-0.39, 0.29) is 5.97 Å². The Morgan fingerprint density at radius 1 is 1.42 bits per heavy atom. The molecule has 0 aliphatic carbocycles. The van der Waals surface area contributed by atoms with E-state index in [2.05, 4.69) is 12.2 Å². The van der Waals surface area contributed by atoms with Crippen molar-refractivity contribution in [2.75, 3.05) is 6.54 Å². The van der Waals surface area contributed by atoms with Crippen LogP contribution >= 0.6 is 0 Å². The first kappa shape index (κ1) is 13.9. The van der Waals surface area contributed by atoms with Gasteiger partial charge in [0.25, 0.3) is 0 Å². The first-order chi connectivity index (χ1) is 9.20.